The van der Waals surface area contributed by atoms with Crippen LogP contribution in [0, 0.1) is 5.92 Å². The van der Waals surface area contributed by atoms with Gasteiger partial charge in [-0.3, -0.25) is 0 Å². The Bertz CT molecular complexity index is 795. The zero-order valence-corrected chi connectivity index (χ0v) is 15.7. The van der Waals surface area contributed by atoms with Crippen LogP contribution >= 0.6 is 0 Å². The Labute approximate surface area is 150 Å². The van der Waals surface area contributed by atoms with Crippen LogP contribution < -0.4 is 14.8 Å². The monoisotopic (exact) mass is 337 g/mol. The number of methoxy groups -OCH3 is 1. The minimum Gasteiger partial charge on any atom is -0.496 e. The number of anilines is 1. The highest BCUT2D eigenvalue weighted by Crippen LogP contribution is 2.54. The molecule has 0 radical (unpaired) electrons. The summed E-state index contributed by atoms with van der Waals surface area (Å²) in [5, 5.41) is 3.79. The fraction of sp³-hybridized carbons (Fsp3) is 0.455. The Morgan fingerprint density at radius 1 is 1.20 bits per heavy atom. The van der Waals surface area contributed by atoms with E-state index < -0.39 is 0 Å². The van der Waals surface area contributed by atoms with Crippen molar-refractivity contribution in [3.63, 3.8) is 0 Å². The van der Waals surface area contributed by atoms with Crippen molar-refractivity contribution >= 4 is 5.69 Å². The Hall–Kier alpha value is -2.16. The summed E-state index contributed by atoms with van der Waals surface area (Å²) in [5.41, 5.74) is 5.18. The number of rotatable bonds is 2. The average Bonchev–Trinajstić information content (AvgIpc) is 2.60. The fourth-order valence-electron chi connectivity index (χ4n) is 4.36. The summed E-state index contributed by atoms with van der Waals surface area (Å²) >= 11 is 0. The van der Waals surface area contributed by atoms with Gasteiger partial charge in [0.1, 0.15) is 11.5 Å². The van der Waals surface area contributed by atoms with Crippen molar-refractivity contribution in [1.82, 2.24) is 0 Å². The first-order valence-electron chi connectivity index (χ1n) is 9.14. The SMILES string of the molecule is COc1cccc2c1[C@H]1Nc3ccc(C(C)C)cc3C(C)(C)[C@H]1CO2. The summed E-state index contributed by atoms with van der Waals surface area (Å²) in [6.07, 6.45) is 0. The molecule has 0 fully saturated rings. The summed E-state index contributed by atoms with van der Waals surface area (Å²) in [6.45, 7) is 9.91. The number of benzene rings is 2. The number of fused-ring (bicyclic) bond motifs is 4. The molecular formula is C22H27NO2. The Morgan fingerprint density at radius 3 is 2.72 bits per heavy atom. The van der Waals surface area contributed by atoms with Crippen LogP contribution in [0.4, 0.5) is 5.69 Å². The van der Waals surface area contributed by atoms with E-state index >= 15 is 0 Å². The second kappa shape index (κ2) is 5.69. The molecule has 0 spiro atoms. The molecule has 2 atom stereocenters. The summed E-state index contributed by atoms with van der Waals surface area (Å²) in [5.74, 6) is 2.72. The number of hydrogen-bond acceptors (Lipinski definition) is 3. The molecule has 2 aliphatic heterocycles. The van der Waals surface area contributed by atoms with Gasteiger partial charge in [0.15, 0.2) is 0 Å². The van der Waals surface area contributed by atoms with Crippen molar-refractivity contribution in [3.05, 3.63) is 53.1 Å². The van der Waals surface area contributed by atoms with Crippen LogP contribution in [0.25, 0.3) is 0 Å². The molecule has 2 aromatic rings. The maximum atomic E-state index is 6.14. The molecule has 0 amide bonds. The molecule has 132 valence electrons. The van der Waals surface area contributed by atoms with Crippen molar-refractivity contribution in [1.29, 1.82) is 0 Å². The first kappa shape index (κ1) is 16.3. The highest BCUT2D eigenvalue weighted by molar-refractivity contribution is 5.63. The van der Waals surface area contributed by atoms with Crippen LogP contribution in [0.1, 0.15) is 56.3 Å². The molecule has 3 nitrogen and oxygen atoms in total. The van der Waals surface area contributed by atoms with E-state index in [1.54, 1.807) is 7.11 Å². The molecule has 4 rings (SSSR count). The van der Waals surface area contributed by atoms with Gasteiger partial charge in [-0.2, -0.15) is 0 Å². The molecule has 0 unspecified atom stereocenters. The normalized spacial score (nSPS) is 23.0. The molecule has 0 saturated heterocycles. The number of ether oxygens (including phenoxy) is 2. The van der Waals surface area contributed by atoms with E-state index in [1.165, 1.54) is 16.8 Å². The van der Waals surface area contributed by atoms with Crippen LogP contribution in [-0.4, -0.2) is 13.7 Å². The van der Waals surface area contributed by atoms with Crippen molar-refractivity contribution < 1.29 is 9.47 Å². The van der Waals surface area contributed by atoms with Gasteiger partial charge in [0.25, 0.3) is 0 Å². The van der Waals surface area contributed by atoms with E-state index in [-0.39, 0.29) is 11.5 Å². The van der Waals surface area contributed by atoms with Crippen LogP contribution in [0.3, 0.4) is 0 Å². The first-order chi connectivity index (χ1) is 11.9. The molecule has 3 heteroatoms. The molecule has 2 aliphatic rings. The molecule has 25 heavy (non-hydrogen) atoms. The van der Waals surface area contributed by atoms with Gasteiger partial charge in [-0.05, 0) is 35.2 Å². The lowest BCUT2D eigenvalue weighted by atomic mass is 9.65. The summed E-state index contributed by atoms with van der Waals surface area (Å²) in [4.78, 5) is 0. The topological polar surface area (TPSA) is 30.5 Å². The van der Waals surface area contributed by atoms with E-state index in [9.17, 15) is 0 Å². The molecule has 0 bridgehead atoms. The molecule has 0 aromatic heterocycles. The Balaban J connectivity index is 1.86. The quantitative estimate of drug-likeness (QED) is 0.809. The van der Waals surface area contributed by atoms with E-state index in [2.05, 4.69) is 51.2 Å². The maximum absolute atomic E-state index is 6.14. The van der Waals surface area contributed by atoms with Crippen LogP contribution in [0.5, 0.6) is 11.5 Å². The third-order valence-corrected chi connectivity index (χ3v) is 6.02. The predicted molar refractivity (Wildman–Crippen MR) is 102 cm³/mol. The molecule has 0 saturated carbocycles. The van der Waals surface area contributed by atoms with Crippen molar-refractivity contribution in [2.75, 3.05) is 19.0 Å². The van der Waals surface area contributed by atoms with Gasteiger partial charge in [0.2, 0.25) is 0 Å². The Morgan fingerprint density at radius 2 is 2.00 bits per heavy atom. The number of nitrogens with one attached hydrogen (secondary N) is 1. The second-order valence-corrected chi connectivity index (χ2v) is 8.09. The van der Waals surface area contributed by atoms with Gasteiger partial charge in [0, 0.05) is 17.0 Å². The van der Waals surface area contributed by atoms with Gasteiger partial charge < -0.3 is 14.8 Å². The van der Waals surface area contributed by atoms with Gasteiger partial charge >= 0.3 is 0 Å². The molecule has 1 N–H and O–H groups in total. The molecule has 2 aromatic carbocycles. The van der Waals surface area contributed by atoms with Gasteiger partial charge in [-0.15, -0.1) is 0 Å². The molecule has 0 aliphatic carbocycles. The van der Waals surface area contributed by atoms with E-state index in [4.69, 9.17) is 9.47 Å². The minimum absolute atomic E-state index is 0.0225. The fourth-order valence-corrected chi connectivity index (χ4v) is 4.36. The van der Waals surface area contributed by atoms with Gasteiger partial charge in [-0.1, -0.05) is 45.9 Å². The zero-order valence-electron chi connectivity index (χ0n) is 15.7. The molecule has 2 heterocycles. The van der Waals surface area contributed by atoms with E-state index in [1.807, 2.05) is 18.2 Å². The smallest absolute Gasteiger partial charge is 0.128 e. The van der Waals surface area contributed by atoms with Crippen molar-refractivity contribution in [3.8, 4) is 11.5 Å². The third kappa shape index (κ3) is 2.40. The lowest BCUT2D eigenvalue weighted by Crippen LogP contribution is -2.46. The summed E-state index contributed by atoms with van der Waals surface area (Å²) < 4.78 is 11.8. The van der Waals surface area contributed by atoms with Crippen LogP contribution in [-0.2, 0) is 5.41 Å². The van der Waals surface area contributed by atoms with Gasteiger partial charge in [-0.25, -0.2) is 0 Å². The maximum Gasteiger partial charge on any atom is 0.128 e. The second-order valence-electron chi connectivity index (χ2n) is 8.09. The van der Waals surface area contributed by atoms with Gasteiger partial charge in [0.05, 0.1) is 25.3 Å². The Kier molecular flexibility index (Phi) is 3.71. The van der Waals surface area contributed by atoms with E-state index in [0.29, 0.717) is 11.8 Å². The van der Waals surface area contributed by atoms with Crippen molar-refractivity contribution in [2.24, 2.45) is 5.92 Å². The van der Waals surface area contributed by atoms with Crippen LogP contribution in [0.2, 0.25) is 0 Å². The third-order valence-electron chi connectivity index (χ3n) is 6.02. The van der Waals surface area contributed by atoms with Crippen molar-refractivity contribution in [2.45, 2.75) is 45.1 Å². The largest absolute Gasteiger partial charge is 0.496 e. The zero-order chi connectivity index (χ0) is 17.8. The highest BCUT2D eigenvalue weighted by Gasteiger charge is 2.47. The highest BCUT2D eigenvalue weighted by atomic mass is 16.5. The minimum atomic E-state index is 0.0225. The van der Waals surface area contributed by atoms with Crippen LogP contribution in [0.15, 0.2) is 36.4 Å². The number of hydrogen-bond donors (Lipinski definition) is 1. The lowest BCUT2D eigenvalue weighted by molar-refractivity contribution is 0.133. The average molecular weight is 337 g/mol. The predicted octanol–water partition coefficient (Wildman–Crippen LogP) is 5.27. The summed E-state index contributed by atoms with van der Waals surface area (Å²) in [6, 6.07) is 13.1. The van der Waals surface area contributed by atoms with E-state index in [0.717, 1.165) is 23.7 Å². The first-order valence-corrected chi connectivity index (χ1v) is 9.14. The standard InChI is InChI=1S/C22H27NO2/c1-13(2)14-9-10-17-15(11-14)22(3,4)16-12-25-19-8-6-7-18(24-5)20(19)21(16)23-17/h6-11,13,16,21,23H,12H2,1-5H3/t16-,21-/m0/s1. The summed E-state index contributed by atoms with van der Waals surface area (Å²) in [7, 11) is 1.73. The lowest BCUT2D eigenvalue weighted by Gasteiger charge is -2.49. The molecular weight excluding hydrogens is 310 g/mol.